The van der Waals surface area contributed by atoms with Crippen molar-refractivity contribution in [1.82, 2.24) is 15.2 Å². The van der Waals surface area contributed by atoms with E-state index in [1.807, 2.05) is 24.3 Å². The predicted molar refractivity (Wildman–Crippen MR) is 99.1 cm³/mol. The number of nitrogens with one attached hydrogen (secondary N) is 2. The van der Waals surface area contributed by atoms with Crippen LogP contribution in [0.5, 0.6) is 5.75 Å². The van der Waals surface area contributed by atoms with E-state index in [9.17, 15) is 4.79 Å². The standard InChI is InChI=1S/C20H27N3O2/c1-25-16-7-8-17-15(11-16)12-18(22-17)20(24)21-13-14-5-4-10-23-9-3-2-6-19(14)23/h7-8,11-12,14,19,22H,2-6,9-10,13H2,1H3,(H,21,24)/t14-,19-/m0/s1. The van der Waals surface area contributed by atoms with E-state index in [0.717, 1.165) is 23.2 Å². The van der Waals surface area contributed by atoms with Crippen LogP contribution in [0.2, 0.25) is 0 Å². The molecule has 2 saturated heterocycles. The Kier molecular flexibility index (Phi) is 4.66. The summed E-state index contributed by atoms with van der Waals surface area (Å²) in [5, 5.41) is 4.16. The van der Waals surface area contributed by atoms with Crippen molar-refractivity contribution < 1.29 is 9.53 Å². The fourth-order valence-electron chi connectivity index (χ4n) is 4.49. The van der Waals surface area contributed by atoms with Gasteiger partial charge in [0.1, 0.15) is 11.4 Å². The number of amides is 1. The number of carbonyl (C=O) groups is 1. The van der Waals surface area contributed by atoms with Crippen LogP contribution in [0.1, 0.15) is 42.6 Å². The van der Waals surface area contributed by atoms with Crippen molar-refractivity contribution in [3.8, 4) is 5.75 Å². The van der Waals surface area contributed by atoms with E-state index < -0.39 is 0 Å². The number of fused-ring (bicyclic) bond motifs is 2. The lowest BCUT2D eigenvalue weighted by Crippen LogP contribution is -2.51. The van der Waals surface area contributed by atoms with E-state index in [0.29, 0.717) is 17.7 Å². The summed E-state index contributed by atoms with van der Waals surface area (Å²) in [6, 6.07) is 8.37. The third kappa shape index (κ3) is 3.38. The second kappa shape index (κ2) is 7.08. The highest BCUT2D eigenvalue weighted by Crippen LogP contribution is 2.30. The van der Waals surface area contributed by atoms with Gasteiger partial charge in [-0.3, -0.25) is 4.79 Å². The zero-order chi connectivity index (χ0) is 17.2. The second-order valence-corrected chi connectivity index (χ2v) is 7.35. The summed E-state index contributed by atoms with van der Waals surface area (Å²) in [7, 11) is 1.65. The molecule has 5 heteroatoms. The lowest BCUT2D eigenvalue weighted by atomic mass is 9.83. The third-order valence-electron chi connectivity index (χ3n) is 5.83. The Morgan fingerprint density at radius 2 is 2.12 bits per heavy atom. The van der Waals surface area contributed by atoms with E-state index in [1.165, 1.54) is 45.2 Å². The van der Waals surface area contributed by atoms with E-state index in [1.54, 1.807) is 7.11 Å². The molecule has 2 aliphatic rings. The molecule has 0 spiro atoms. The number of nitrogens with zero attached hydrogens (tertiary/aromatic N) is 1. The van der Waals surface area contributed by atoms with Crippen LogP contribution in [0, 0.1) is 5.92 Å². The highest BCUT2D eigenvalue weighted by Gasteiger charge is 2.33. The van der Waals surface area contributed by atoms with Crippen molar-refractivity contribution in [3.05, 3.63) is 30.0 Å². The maximum atomic E-state index is 12.6. The van der Waals surface area contributed by atoms with Crippen molar-refractivity contribution in [3.63, 3.8) is 0 Å². The van der Waals surface area contributed by atoms with Gasteiger partial charge in [-0.2, -0.15) is 0 Å². The largest absolute Gasteiger partial charge is 0.497 e. The Bertz CT molecular complexity index is 752. The summed E-state index contributed by atoms with van der Waals surface area (Å²) in [5.41, 5.74) is 1.58. The molecule has 2 fully saturated rings. The number of carbonyl (C=O) groups excluding carboxylic acids is 1. The SMILES string of the molecule is COc1ccc2[nH]c(C(=O)NC[C@@H]3CCCN4CCCC[C@@H]34)cc2c1. The first kappa shape index (κ1) is 16.5. The van der Waals surface area contributed by atoms with Crippen LogP contribution in [0.25, 0.3) is 10.9 Å². The van der Waals surface area contributed by atoms with Crippen LogP contribution in [0.4, 0.5) is 0 Å². The van der Waals surface area contributed by atoms with E-state index >= 15 is 0 Å². The molecular weight excluding hydrogens is 314 g/mol. The molecule has 0 aliphatic carbocycles. The van der Waals surface area contributed by atoms with Gasteiger partial charge in [-0.05, 0) is 69.0 Å². The first-order chi connectivity index (χ1) is 12.2. The average Bonchev–Trinajstić information content (AvgIpc) is 3.09. The van der Waals surface area contributed by atoms with Crippen molar-refractivity contribution >= 4 is 16.8 Å². The van der Waals surface area contributed by atoms with Crippen LogP contribution < -0.4 is 10.1 Å². The molecule has 1 aromatic heterocycles. The minimum absolute atomic E-state index is 0.0110. The Morgan fingerprint density at radius 3 is 3.00 bits per heavy atom. The smallest absolute Gasteiger partial charge is 0.267 e. The number of hydrogen-bond acceptors (Lipinski definition) is 3. The van der Waals surface area contributed by atoms with Crippen molar-refractivity contribution in [2.45, 2.75) is 38.1 Å². The molecule has 0 unspecified atom stereocenters. The van der Waals surface area contributed by atoms with Gasteiger partial charge in [-0.15, -0.1) is 0 Å². The molecule has 0 bridgehead atoms. The number of piperidine rings is 2. The summed E-state index contributed by atoms with van der Waals surface area (Å²) in [4.78, 5) is 18.4. The molecule has 3 heterocycles. The van der Waals surface area contributed by atoms with Gasteiger partial charge in [0.2, 0.25) is 0 Å². The average molecular weight is 341 g/mol. The molecule has 2 aliphatic heterocycles. The number of aromatic nitrogens is 1. The van der Waals surface area contributed by atoms with Crippen LogP contribution in [0.3, 0.4) is 0 Å². The summed E-state index contributed by atoms with van der Waals surface area (Å²) in [6.45, 7) is 3.25. The van der Waals surface area contributed by atoms with Gasteiger partial charge >= 0.3 is 0 Å². The Balaban J connectivity index is 1.41. The Hall–Kier alpha value is -2.01. The van der Waals surface area contributed by atoms with Crippen molar-refractivity contribution in [2.75, 3.05) is 26.7 Å². The molecule has 1 amide bonds. The van der Waals surface area contributed by atoms with Crippen molar-refractivity contribution in [2.24, 2.45) is 5.92 Å². The highest BCUT2D eigenvalue weighted by molar-refractivity contribution is 5.98. The molecule has 2 aromatic rings. The minimum Gasteiger partial charge on any atom is -0.497 e. The van der Waals surface area contributed by atoms with Crippen LogP contribution >= 0.6 is 0 Å². The fourth-order valence-corrected chi connectivity index (χ4v) is 4.49. The normalized spacial score (nSPS) is 24.0. The molecule has 5 nitrogen and oxygen atoms in total. The molecular formula is C20H27N3O2. The van der Waals surface area contributed by atoms with E-state index in [4.69, 9.17) is 4.74 Å². The first-order valence-electron chi connectivity index (χ1n) is 9.43. The van der Waals surface area contributed by atoms with Gasteiger partial charge < -0.3 is 19.9 Å². The number of methoxy groups -OCH3 is 1. The van der Waals surface area contributed by atoms with Gasteiger partial charge in [0.05, 0.1) is 7.11 Å². The molecule has 4 rings (SSSR count). The first-order valence-corrected chi connectivity index (χ1v) is 9.43. The zero-order valence-electron chi connectivity index (χ0n) is 14.9. The lowest BCUT2D eigenvalue weighted by Gasteiger charge is -2.44. The van der Waals surface area contributed by atoms with Gasteiger partial charge in [-0.25, -0.2) is 0 Å². The number of aromatic amines is 1. The molecule has 134 valence electrons. The number of ether oxygens (including phenoxy) is 1. The molecule has 0 saturated carbocycles. The molecule has 0 radical (unpaired) electrons. The molecule has 1 aromatic carbocycles. The van der Waals surface area contributed by atoms with Gasteiger partial charge in [-0.1, -0.05) is 6.42 Å². The highest BCUT2D eigenvalue weighted by atomic mass is 16.5. The van der Waals surface area contributed by atoms with Crippen LogP contribution in [0.15, 0.2) is 24.3 Å². The van der Waals surface area contributed by atoms with Gasteiger partial charge in [0, 0.05) is 23.5 Å². The fraction of sp³-hybridized carbons (Fsp3) is 0.550. The summed E-state index contributed by atoms with van der Waals surface area (Å²) >= 11 is 0. The molecule has 2 atom stereocenters. The lowest BCUT2D eigenvalue weighted by molar-refractivity contribution is 0.0575. The topological polar surface area (TPSA) is 57.4 Å². The predicted octanol–water partition coefficient (Wildman–Crippen LogP) is 3.17. The second-order valence-electron chi connectivity index (χ2n) is 7.35. The summed E-state index contributed by atoms with van der Waals surface area (Å²) in [6.07, 6.45) is 6.42. The molecule has 2 N–H and O–H groups in total. The Morgan fingerprint density at radius 1 is 1.24 bits per heavy atom. The molecule has 25 heavy (non-hydrogen) atoms. The Labute approximate surface area is 148 Å². The summed E-state index contributed by atoms with van der Waals surface area (Å²) < 4.78 is 5.25. The maximum absolute atomic E-state index is 12.6. The zero-order valence-corrected chi connectivity index (χ0v) is 14.9. The van der Waals surface area contributed by atoms with Crippen LogP contribution in [-0.2, 0) is 0 Å². The van der Waals surface area contributed by atoms with E-state index in [2.05, 4.69) is 15.2 Å². The van der Waals surface area contributed by atoms with Crippen molar-refractivity contribution in [1.29, 1.82) is 0 Å². The number of hydrogen-bond donors (Lipinski definition) is 2. The number of rotatable bonds is 4. The number of H-pyrrole nitrogens is 1. The van der Waals surface area contributed by atoms with Gasteiger partial charge in [0.25, 0.3) is 5.91 Å². The number of benzene rings is 1. The third-order valence-corrected chi connectivity index (χ3v) is 5.83. The minimum atomic E-state index is -0.0110. The monoisotopic (exact) mass is 341 g/mol. The van der Waals surface area contributed by atoms with Gasteiger partial charge in [0.15, 0.2) is 0 Å². The quantitative estimate of drug-likeness (QED) is 0.898. The van der Waals surface area contributed by atoms with E-state index in [-0.39, 0.29) is 5.91 Å². The summed E-state index contributed by atoms with van der Waals surface area (Å²) in [5.74, 6) is 1.38. The van der Waals surface area contributed by atoms with Crippen LogP contribution in [-0.4, -0.2) is 48.6 Å². The maximum Gasteiger partial charge on any atom is 0.267 e.